The van der Waals surface area contributed by atoms with Gasteiger partial charge in [-0.15, -0.1) is 0 Å². The van der Waals surface area contributed by atoms with Crippen molar-refractivity contribution in [3.8, 4) is 0 Å². The summed E-state index contributed by atoms with van der Waals surface area (Å²) in [6.45, 7) is 9.36. The SMILES string of the molecule is CC(=O)N(C)[C@@H]1[C@H]2OC(C)(C)O[C@H]2O[C@@H]1[C@@H]1COC(C)(C)O1. The zero-order chi connectivity index (χ0) is 16.3. The van der Waals surface area contributed by atoms with Crippen LogP contribution in [0.25, 0.3) is 0 Å². The third kappa shape index (κ3) is 2.76. The van der Waals surface area contributed by atoms with Crippen LogP contribution in [0.15, 0.2) is 0 Å². The lowest BCUT2D eigenvalue weighted by Gasteiger charge is -2.34. The predicted molar refractivity (Wildman–Crippen MR) is 75.8 cm³/mol. The topological polar surface area (TPSA) is 66.5 Å². The van der Waals surface area contributed by atoms with Crippen LogP contribution >= 0.6 is 0 Å². The van der Waals surface area contributed by atoms with E-state index >= 15 is 0 Å². The number of likely N-dealkylation sites (N-methyl/N-ethyl adjacent to an activating group) is 1. The van der Waals surface area contributed by atoms with Gasteiger partial charge in [-0.3, -0.25) is 4.79 Å². The van der Waals surface area contributed by atoms with E-state index in [1.807, 2.05) is 27.7 Å². The Kier molecular flexibility index (Phi) is 3.77. The Labute approximate surface area is 130 Å². The molecule has 7 nitrogen and oxygen atoms in total. The van der Waals surface area contributed by atoms with Crippen molar-refractivity contribution >= 4 is 5.91 Å². The highest BCUT2D eigenvalue weighted by Crippen LogP contribution is 2.42. The van der Waals surface area contributed by atoms with E-state index in [2.05, 4.69) is 0 Å². The van der Waals surface area contributed by atoms with Gasteiger partial charge in [-0.25, -0.2) is 0 Å². The molecule has 3 fully saturated rings. The molecule has 0 unspecified atom stereocenters. The summed E-state index contributed by atoms with van der Waals surface area (Å²) in [5, 5.41) is 0. The zero-order valence-corrected chi connectivity index (χ0v) is 14.0. The molecule has 0 aliphatic carbocycles. The molecule has 0 N–H and O–H groups in total. The fraction of sp³-hybridized carbons (Fsp3) is 0.933. The maximum atomic E-state index is 11.9. The summed E-state index contributed by atoms with van der Waals surface area (Å²) in [5.41, 5.74) is 0. The van der Waals surface area contributed by atoms with Crippen molar-refractivity contribution in [3.63, 3.8) is 0 Å². The van der Waals surface area contributed by atoms with Crippen molar-refractivity contribution in [2.45, 2.75) is 76.8 Å². The van der Waals surface area contributed by atoms with Gasteiger partial charge in [-0.2, -0.15) is 0 Å². The van der Waals surface area contributed by atoms with E-state index in [9.17, 15) is 4.79 Å². The minimum absolute atomic E-state index is 0.0502. The van der Waals surface area contributed by atoms with Crippen LogP contribution in [0.1, 0.15) is 34.6 Å². The van der Waals surface area contributed by atoms with Gasteiger partial charge in [0.05, 0.1) is 12.6 Å². The summed E-state index contributed by atoms with van der Waals surface area (Å²) in [4.78, 5) is 13.5. The number of hydrogen-bond donors (Lipinski definition) is 0. The molecule has 3 aliphatic heterocycles. The quantitative estimate of drug-likeness (QED) is 0.753. The van der Waals surface area contributed by atoms with Gasteiger partial charge in [0, 0.05) is 14.0 Å². The highest BCUT2D eigenvalue weighted by molar-refractivity contribution is 5.73. The first kappa shape index (κ1) is 16.1. The maximum absolute atomic E-state index is 11.9. The number of fused-ring (bicyclic) bond motifs is 1. The third-order valence-corrected chi connectivity index (χ3v) is 4.39. The van der Waals surface area contributed by atoms with E-state index in [0.717, 1.165) is 0 Å². The monoisotopic (exact) mass is 315 g/mol. The van der Waals surface area contributed by atoms with E-state index < -0.39 is 17.9 Å². The number of nitrogens with zero attached hydrogens (tertiary/aromatic N) is 1. The molecule has 3 aliphatic rings. The Hall–Kier alpha value is -0.730. The highest BCUT2D eigenvalue weighted by atomic mass is 16.8. The molecular weight excluding hydrogens is 290 g/mol. The molecule has 0 bridgehead atoms. The van der Waals surface area contributed by atoms with Crippen LogP contribution in [0.5, 0.6) is 0 Å². The molecule has 3 rings (SSSR count). The van der Waals surface area contributed by atoms with Crippen molar-refractivity contribution in [1.82, 2.24) is 4.90 Å². The average molecular weight is 315 g/mol. The first-order valence-corrected chi connectivity index (χ1v) is 7.66. The molecule has 0 saturated carbocycles. The molecule has 0 aromatic heterocycles. The van der Waals surface area contributed by atoms with Gasteiger partial charge in [0.25, 0.3) is 0 Å². The number of carbonyl (C=O) groups excluding carboxylic acids is 1. The van der Waals surface area contributed by atoms with E-state index in [1.165, 1.54) is 6.92 Å². The molecule has 1 amide bonds. The average Bonchev–Trinajstić information content (AvgIpc) is 2.97. The Morgan fingerprint density at radius 3 is 2.27 bits per heavy atom. The van der Waals surface area contributed by atoms with E-state index in [4.69, 9.17) is 23.7 Å². The molecule has 3 saturated heterocycles. The van der Waals surface area contributed by atoms with Crippen LogP contribution in [0.4, 0.5) is 0 Å². The molecule has 0 radical (unpaired) electrons. The summed E-state index contributed by atoms with van der Waals surface area (Å²) in [6.07, 6.45) is -1.44. The second-order valence-corrected chi connectivity index (χ2v) is 7.06. The fourth-order valence-electron chi connectivity index (χ4n) is 3.35. The Balaban J connectivity index is 1.83. The van der Waals surface area contributed by atoms with Crippen molar-refractivity contribution in [3.05, 3.63) is 0 Å². The molecule has 7 heteroatoms. The lowest BCUT2D eigenvalue weighted by molar-refractivity contribution is -0.227. The lowest BCUT2D eigenvalue weighted by Crippen LogP contribution is -2.52. The minimum Gasteiger partial charge on any atom is -0.348 e. The smallest absolute Gasteiger partial charge is 0.219 e. The molecule has 22 heavy (non-hydrogen) atoms. The molecule has 3 heterocycles. The van der Waals surface area contributed by atoms with E-state index in [0.29, 0.717) is 6.61 Å². The van der Waals surface area contributed by atoms with Crippen LogP contribution < -0.4 is 0 Å². The molecular formula is C15H25NO6. The molecule has 0 spiro atoms. The Morgan fingerprint density at radius 2 is 1.73 bits per heavy atom. The first-order chi connectivity index (χ1) is 10.1. The number of ether oxygens (including phenoxy) is 5. The molecule has 5 atom stereocenters. The molecule has 126 valence electrons. The van der Waals surface area contributed by atoms with Crippen LogP contribution in [0.2, 0.25) is 0 Å². The van der Waals surface area contributed by atoms with Gasteiger partial charge in [0.2, 0.25) is 5.91 Å². The van der Waals surface area contributed by atoms with Gasteiger partial charge in [-0.1, -0.05) is 0 Å². The minimum atomic E-state index is -0.720. The number of amides is 1. The van der Waals surface area contributed by atoms with Gasteiger partial charge in [0.1, 0.15) is 18.3 Å². The van der Waals surface area contributed by atoms with Crippen LogP contribution in [-0.2, 0) is 28.5 Å². The Bertz CT molecular complexity index is 465. The predicted octanol–water partition coefficient (Wildman–Crippen LogP) is 0.861. The summed E-state index contributed by atoms with van der Waals surface area (Å²) in [7, 11) is 1.75. The first-order valence-electron chi connectivity index (χ1n) is 7.66. The summed E-state index contributed by atoms with van der Waals surface area (Å²) >= 11 is 0. The van der Waals surface area contributed by atoms with Crippen molar-refractivity contribution < 1.29 is 28.5 Å². The highest BCUT2D eigenvalue weighted by Gasteiger charge is 2.59. The maximum Gasteiger partial charge on any atom is 0.219 e. The largest absolute Gasteiger partial charge is 0.348 e. The van der Waals surface area contributed by atoms with E-state index in [-0.39, 0.29) is 30.3 Å². The molecule has 0 aromatic carbocycles. The van der Waals surface area contributed by atoms with Gasteiger partial charge in [0.15, 0.2) is 17.9 Å². The standard InChI is InChI=1S/C15H25NO6/c1-8(17)16(6)10-11(9-7-18-14(2,3)20-9)19-13-12(10)21-15(4,5)22-13/h9-13H,7H2,1-6H3/t9-,10-,11+,12+,13+/m0/s1. The lowest BCUT2D eigenvalue weighted by atomic mass is 10.0. The Morgan fingerprint density at radius 1 is 1.05 bits per heavy atom. The van der Waals surface area contributed by atoms with Crippen LogP contribution in [-0.4, -0.2) is 66.7 Å². The van der Waals surface area contributed by atoms with Crippen molar-refractivity contribution in [1.29, 1.82) is 0 Å². The number of carbonyl (C=O) groups is 1. The van der Waals surface area contributed by atoms with Gasteiger partial charge < -0.3 is 28.6 Å². The number of hydrogen-bond acceptors (Lipinski definition) is 6. The summed E-state index contributed by atoms with van der Waals surface area (Å²) in [6, 6.07) is -0.272. The van der Waals surface area contributed by atoms with Gasteiger partial charge >= 0.3 is 0 Å². The van der Waals surface area contributed by atoms with Crippen LogP contribution in [0, 0.1) is 0 Å². The number of rotatable bonds is 2. The van der Waals surface area contributed by atoms with Crippen LogP contribution in [0.3, 0.4) is 0 Å². The third-order valence-electron chi connectivity index (χ3n) is 4.39. The zero-order valence-electron chi connectivity index (χ0n) is 14.0. The van der Waals surface area contributed by atoms with Gasteiger partial charge in [-0.05, 0) is 27.7 Å². The molecule has 0 aromatic rings. The normalized spacial score (nSPS) is 42.4. The fourth-order valence-corrected chi connectivity index (χ4v) is 3.35. The second-order valence-electron chi connectivity index (χ2n) is 7.06. The van der Waals surface area contributed by atoms with Crippen molar-refractivity contribution in [2.24, 2.45) is 0 Å². The summed E-state index contributed by atoms with van der Waals surface area (Å²) in [5.74, 6) is -1.42. The van der Waals surface area contributed by atoms with Crippen molar-refractivity contribution in [2.75, 3.05) is 13.7 Å². The second kappa shape index (κ2) is 5.14. The summed E-state index contributed by atoms with van der Waals surface area (Å²) < 4.78 is 29.3. The van der Waals surface area contributed by atoms with E-state index in [1.54, 1.807) is 11.9 Å².